The van der Waals surface area contributed by atoms with Crippen LogP contribution in [0.4, 0.5) is 0 Å². The number of rotatable bonds is 3. The smallest absolute Gasteiger partial charge is 0.162 e. The van der Waals surface area contributed by atoms with E-state index in [0.29, 0.717) is 6.42 Å². The highest BCUT2D eigenvalue weighted by Gasteiger charge is 2.87. The lowest BCUT2D eigenvalue weighted by molar-refractivity contribution is -0.156. The number of hydrogen-bond acceptors (Lipinski definition) is 2. The zero-order valence-electron chi connectivity index (χ0n) is 15.7. The Morgan fingerprint density at radius 3 is 1.86 bits per heavy atom. The first-order valence-electron chi connectivity index (χ1n) is 10.1. The fourth-order valence-electron chi connectivity index (χ4n) is 6.36. The average Bonchev–Trinajstić information content (AvgIpc) is 3.44. The Morgan fingerprint density at radius 1 is 0.714 bits per heavy atom. The Balaban J connectivity index is 1.67. The second-order valence-corrected chi connectivity index (χ2v) is 8.44. The van der Waals surface area contributed by atoms with E-state index in [1.165, 1.54) is 16.7 Å². The van der Waals surface area contributed by atoms with Crippen molar-refractivity contribution in [3.8, 4) is 0 Å². The Kier molecular flexibility index (Phi) is 3.15. The number of benzene rings is 3. The van der Waals surface area contributed by atoms with Gasteiger partial charge in [-0.05, 0) is 29.5 Å². The molecule has 2 saturated heterocycles. The van der Waals surface area contributed by atoms with E-state index in [9.17, 15) is 4.79 Å². The zero-order chi connectivity index (χ0) is 18.8. The summed E-state index contributed by atoms with van der Waals surface area (Å²) in [5.74, 6) is 0.255. The van der Waals surface area contributed by atoms with Crippen LogP contribution in [0, 0.1) is 0 Å². The van der Waals surface area contributed by atoms with Crippen LogP contribution in [0.2, 0.25) is 0 Å². The van der Waals surface area contributed by atoms with Gasteiger partial charge in [0, 0.05) is 17.3 Å². The molecular formula is C26H22O2. The molecule has 0 unspecified atom stereocenters. The van der Waals surface area contributed by atoms with Crippen LogP contribution in [-0.4, -0.2) is 11.9 Å². The Bertz CT molecular complexity index is 1050. The number of hydrogen-bond donors (Lipinski definition) is 0. The molecule has 0 N–H and O–H groups in total. The van der Waals surface area contributed by atoms with Gasteiger partial charge in [-0.2, -0.15) is 0 Å². The van der Waals surface area contributed by atoms with E-state index in [1.54, 1.807) is 0 Å². The Hall–Kier alpha value is -2.71. The van der Waals surface area contributed by atoms with Crippen molar-refractivity contribution < 1.29 is 9.53 Å². The summed E-state index contributed by atoms with van der Waals surface area (Å²) in [4.78, 5) is 13.1. The first kappa shape index (κ1) is 16.3. The number of ketones is 1. The molecule has 2 heterocycles. The van der Waals surface area contributed by atoms with Crippen molar-refractivity contribution in [2.75, 3.05) is 0 Å². The molecule has 3 fully saturated rings. The topological polar surface area (TPSA) is 26.3 Å². The minimum atomic E-state index is -0.454. The maximum atomic E-state index is 13.1. The third kappa shape index (κ3) is 1.71. The molecule has 0 aromatic heterocycles. The summed E-state index contributed by atoms with van der Waals surface area (Å²) in [6.45, 7) is 0. The van der Waals surface area contributed by atoms with Gasteiger partial charge in [-0.15, -0.1) is 0 Å². The van der Waals surface area contributed by atoms with Crippen LogP contribution < -0.4 is 0 Å². The first-order valence-corrected chi connectivity index (χ1v) is 10.1. The van der Waals surface area contributed by atoms with Crippen molar-refractivity contribution in [2.24, 2.45) is 0 Å². The molecule has 3 aromatic carbocycles. The molecule has 2 nitrogen and oxygen atoms in total. The molecule has 3 aliphatic rings. The fourth-order valence-corrected chi connectivity index (χ4v) is 6.36. The van der Waals surface area contributed by atoms with Crippen LogP contribution in [0.5, 0.6) is 0 Å². The molecule has 6 rings (SSSR count). The van der Waals surface area contributed by atoms with Gasteiger partial charge in [0.1, 0.15) is 11.7 Å². The second-order valence-electron chi connectivity index (χ2n) is 8.44. The number of carbonyl (C=O) groups excluding carboxylic acids is 1. The van der Waals surface area contributed by atoms with Crippen LogP contribution in [-0.2, 0) is 26.0 Å². The van der Waals surface area contributed by atoms with Crippen LogP contribution >= 0.6 is 0 Å². The van der Waals surface area contributed by atoms with Gasteiger partial charge in [0.2, 0.25) is 0 Å². The highest BCUT2D eigenvalue weighted by atomic mass is 16.5. The standard InChI is InChI=1S/C26H22O2/c27-22-16-17-26(21-14-8-3-9-15-21)25(20-12-6-2-7-13-20)18-24(25,23(22)28-26)19-10-4-1-5-11-19/h1-15,23H,16-18H2/t23-,24+,25+,26-/m0/s1. The summed E-state index contributed by atoms with van der Waals surface area (Å²) in [5, 5.41) is 0. The Labute approximate surface area is 165 Å². The average molecular weight is 366 g/mol. The van der Waals surface area contributed by atoms with E-state index in [0.717, 1.165) is 12.8 Å². The molecular weight excluding hydrogens is 344 g/mol. The quantitative estimate of drug-likeness (QED) is 0.657. The van der Waals surface area contributed by atoms with E-state index < -0.39 is 5.60 Å². The summed E-state index contributed by atoms with van der Waals surface area (Å²) in [6, 6.07) is 31.9. The molecule has 0 amide bonds. The monoisotopic (exact) mass is 366 g/mol. The lowest BCUT2D eigenvalue weighted by atomic mass is 9.69. The maximum absolute atomic E-state index is 13.1. The predicted molar refractivity (Wildman–Crippen MR) is 108 cm³/mol. The lowest BCUT2D eigenvalue weighted by Gasteiger charge is -2.41. The maximum Gasteiger partial charge on any atom is 0.162 e. The van der Waals surface area contributed by atoms with E-state index in [1.807, 2.05) is 12.1 Å². The van der Waals surface area contributed by atoms with Gasteiger partial charge in [0.05, 0.1) is 0 Å². The number of ether oxygens (including phenoxy) is 1. The number of fused-ring (bicyclic) bond motifs is 5. The van der Waals surface area contributed by atoms with Crippen molar-refractivity contribution in [1.82, 2.24) is 0 Å². The minimum Gasteiger partial charge on any atom is -0.357 e. The number of carbonyl (C=O) groups is 1. The van der Waals surface area contributed by atoms with E-state index in [4.69, 9.17) is 4.74 Å². The Morgan fingerprint density at radius 2 is 1.25 bits per heavy atom. The van der Waals surface area contributed by atoms with Crippen molar-refractivity contribution in [2.45, 2.75) is 41.8 Å². The summed E-state index contributed by atoms with van der Waals surface area (Å²) >= 11 is 0. The summed E-state index contributed by atoms with van der Waals surface area (Å²) in [7, 11) is 0. The molecule has 0 radical (unpaired) electrons. The van der Waals surface area contributed by atoms with E-state index in [2.05, 4.69) is 78.9 Å². The van der Waals surface area contributed by atoms with Gasteiger partial charge in [-0.1, -0.05) is 91.0 Å². The van der Waals surface area contributed by atoms with Crippen LogP contribution in [0.25, 0.3) is 0 Å². The number of Topliss-reactive ketones (excluding diaryl/α,β-unsaturated/α-hetero) is 1. The molecule has 138 valence electrons. The third-order valence-electron chi connectivity index (χ3n) is 7.45. The van der Waals surface area contributed by atoms with Gasteiger partial charge in [-0.25, -0.2) is 0 Å². The molecule has 0 spiro atoms. The van der Waals surface area contributed by atoms with Crippen molar-refractivity contribution >= 4 is 5.78 Å². The predicted octanol–water partition coefficient (Wildman–Crippen LogP) is 4.92. The van der Waals surface area contributed by atoms with Gasteiger partial charge in [0.15, 0.2) is 5.78 Å². The highest BCUT2D eigenvalue weighted by molar-refractivity contribution is 5.90. The first-order chi connectivity index (χ1) is 13.7. The zero-order valence-corrected chi connectivity index (χ0v) is 15.7. The summed E-state index contributed by atoms with van der Waals surface area (Å²) in [6.07, 6.45) is 1.92. The molecule has 1 aliphatic carbocycles. The van der Waals surface area contributed by atoms with Crippen LogP contribution in [0.15, 0.2) is 91.0 Å². The lowest BCUT2D eigenvalue weighted by Crippen LogP contribution is -2.44. The summed E-state index contributed by atoms with van der Waals surface area (Å²) in [5.41, 5.74) is 2.78. The van der Waals surface area contributed by atoms with Crippen LogP contribution in [0.3, 0.4) is 0 Å². The third-order valence-corrected chi connectivity index (χ3v) is 7.45. The minimum absolute atomic E-state index is 0.208. The molecule has 2 heteroatoms. The van der Waals surface area contributed by atoms with E-state index >= 15 is 0 Å². The van der Waals surface area contributed by atoms with Gasteiger partial charge in [-0.3, -0.25) is 4.79 Å². The summed E-state index contributed by atoms with van der Waals surface area (Å²) < 4.78 is 6.81. The van der Waals surface area contributed by atoms with Gasteiger partial charge >= 0.3 is 0 Å². The normalized spacial score (nSPS) is 35.4. The van der Waals surface area contributed by atoms with Crippen LogP contribution in [0.1, 0.15) is 36.0 Å². The molecule has 1 saturated carbocycles. The van der Waals surface area contributed by atoms with Gasteiger partial charge < -0.3 is 4.74 Å². The van der Waals surface area contributed by atoms with Crippen molar-refractivity contribution in [3.63, 3.8) is 0 Å². The largest absolute Gasteiger partial charge is 0.357 e. The van der Waals surface area contributed by atoms with E-state index in [-0.39, 0.29) is 22.7 Å². The second kappa shape index (κ2) is 5.42. The molecule has 28 heavy (non-hydrogen) atoms. The molecule has 2 aliphatic heterocycles. The molecule has 2 bridgehead atoms. The highest BCUT2D eigenvalue weighted by Crippen LogP contribution is 2.82. The molecule has 4 atom stereocenters. The molecule has 3 aromatic rings. The fraction of sp³-hybridized carbons (Fsp3) is 0.269. The SMILES string of the molecule is O=C1CC[C@@]2(c3ccccc3)O[C@@H]1[C@]1(c3ccccc3)C[C@]21c1ccccc1. The van der Waals surface area contributed by atoms with Crippen molar-refractivity contribution in [3.05, 3.63) is 108 Å². The van der Waals surface area contributed by atoms with Crippen molar-refractivity contribution in [1.29, 1.82) is 0 Å². The van der Waals surface area contributed by atoms with Gasteiger partial charge in [0.25, 0.3) is 0 Å².